The van der Waals surface area contributed by atoms with Crippen LogP contribution in [0.3, 0.4) is 0 Å². The summed E-state index contributed by atoms with van der Waals surface area (Å²) in [5.74, 6) is 0. The van der Waals surface area contributed by atoms with Gasteiger partial charge in [-0.1, -0.05) is 17.7 Å². The Labute approximate surface area is 103 Å². The molecule has 0 heterocycles. The van der Waals surface area contributed by atoms with Crippen LogP contribution in [0.25, 0.3) is 0 Å². The van der Waals surface area contributed by atoms with E-state index in [0.29, 0.717) is 4.90 Å². The molecule has 0 amide bonds. The van der Waals surface area contributed by atoms with Crippen molar-refractivity contribution in [3.63, 3.8) is 0 Å². The SMILES string of the molecule is Cc1ccc(S(=O)[C@@H](C)[C@](O)(CO)CF)cc1. The summed E-state index contributed by atoms with van der Waals surface area (Å²) in [4.78, 5) is 0.517. The Bertz CT molecular complexity index is 387. The number of benzene rings is 1. The first kappa shape index (κ1) is 14.3. The van der Waals surface area contributed by atoms with E-state index in [9.17, 15) is 13.7 Å². The molecule has 0 bridgehead atoms. The highest BCUT2D eigenvalue weighted by Crippen LogP contribution is 2.21. The summed E-state index contributed by atoms with van der Waals surface area (Å²) in [7, 11) is -1.56. The fourth-order valence-corrected chi connectivity index (χ4v) is 2.70. The Balaban J connectivity index is 2.93. The molecule has 1 rings (SSSR count). The quantitative estimate of drug-likeness (QED) is 0.836. The predicted molar refractivity (Wildman–Crippen MR) is 65.1 cm³/mol. The zero-order valence-electron chi connectivity index (χ0n) is 9.89. The van der Waals surface area contributed by atoms with Crippen molar-refractivity contribution >= 4 is 10.8 Å². The van der Waals surface area contributed by atoms with Gasteiger partial charge in [-0.15, -0.1) is 0 Å². The van der Waals surface area contributed by atoms with Crippen LogP contribution in [0.4, 0.5) is 4.39 Å². The van der Waals surface area contributed by atoms with Gasteiger partial charge in [-0.2, -0.15) is 0 Å². The number of aryl methyl sites for hydroxylation is 1. The summed E-state index contributed by atoms with van der Waals surface area (Å²) >= 11 is 0. The van der Waals surface area contributed by atoms with E-state index in [0.717, 1.165) is 5.56 Å². The Morgan fingerprint density at radius 1 is 1.41 bits per heavy atom. The molecule has 96 valence electrons. The minimum absolute atomic E-state index is 0.517. The molecule has 0 aromatic heterocycles. The highest BCUT2D eigenvalue weighted by atomic mass is 32.2. The number of aliphatic hydroxyl groups is 2. The molecule has 0 spiro atoms. The summed E-state index contributed by atoms with van der Waals surface area (Å²) in [6.45, 7) is 1.50. The van der Waals surface area contributed by atoms with Gasteiger partial charge < -0.3 is 10.2 Å². The minimum atomic E-state index is -1.95. The van der Waals surface area contributed by atoms with Crippen LogP contribution in [0.5, 0.6) is 0 Å². The number of alkyl halides is 1. The second-order valence-corrected chi connectivity index (χ2v) is 5.92. The first-order chi connectivity index (χ1) is 7.94. The Morgan fingerprint density at radius 3 is 2.35 bits per heavy atom. The van der Waals surface area contributed by atoms with Gasteiger partial charge in [0.2, 0.25) is 0 Å². The lowest BCUT2D eigenvalue weighted by Crippen LogP contribution is -2.48. The maximum Gasteiger partial charge on any atom is 0.130 e. The zero-order chi connectivity index (χ0) is 13.1. The van der Waals surface area contributed by atoms with Crippen LogP contribution in [-0.4, -0.2) is 38.6 Å². The van der Waals surface area contributed by atoms with Crippen molar-refractivity contribution in [1.82, 2.24) is 0 Å². The predicted octanol–water partition coefficient (Wildman–Crippen LogP) is 1.18. The molecule has 5 heteroatoms. The smallest absolute Gasteiger partial charge is 0.130 e. The van der Waals surface area contributed by atoms with Crippen molar-refractivity contribution in [2.45, 2.75) is 29.6 Å². The van der Waals surface area contributed by atoms with Gasteiger partial charge in [-0.3, -0.25) is 4.21 Å². The normalized spacial score (nSPS) is 18.4. The summed E-state index contributed by atoms with van der Waals surface area (Å²) < 4.78 is 24.8. The lowest BCUT2D eigenvalue weighted by atomic mass is 10.0. The molecule has 1 aromatic carbocycles. The third-order valence-electron chi connectivity index (χ3n) is 2.84. The van der Waals surface area contributed by atoms with Crippen molar-refractivity contribution in [3.8, 4) is 0 Å². The molecule has 3 nitrogen and oxygen atoms in total. The first-order valence-electron chi connectivity index (χ1n) is 5.31. The summed E-state index contributed by atoms with van der Waals surface area (Å²) in [5.41, 5.74) is -0.920. The highest BCUT2D eigenvalue weighted by molar-refractivity contribution is 7.85. The molecule has 0 fully saturated rings. The lowest BCUT2D eigenvalue weighted by molar-refractivity contribution is -0.0313. The van der Waals surface area contributed by atoms with Crippen LogP contribution in [0.1, 0.15) is 12.5 Å². The zero-order valence-corrected chi connectivity index (χ0v) is 10.7. The van der Waals surface area contributed by atoms with E-state index in [4.69, 9.17) is 5.11 Å². The van der Waals surface area contributed by atoms with Gasteiger partial charge in [0.15, 0.2) is 0 Å². The molecule has 1 aromatic rings. The molecular formula is C12H17FO3S. The van der Waals surface area contributed by atoms with Gasteiger partial charge in [0.05, 0.1) is 22.7 Å². The summed E-state index contributed by atoms with van der Waals surface area (Å²) in [6, 6.07) is 6.96. The Kier molecular flexibility index (Phi) is 4.80. The molecule has 17 heavy (non-hydrogen) atoms. The molecule has 0 radical (unpaired) electrons. The van der Waals surface area contributed by atoms with Gasteiger partial charge in [0.25, 0.3) is 0 Å². The molecular weight excluding hydrogens is 243 g/mol. The van der Waals surface area contributed by atoms with E-state index >= 15 is 0 Å². The largest absolute Gasteiger partial charge is 0.393 e. The van der Waals surface area contributed by atoms with Crippen molar-refractivity contribution < 1.29 is 18.8 Å². The number of aliphatic hydroxyl groups excluding tert-OH is 1. The van der Waals surface area contributed by atoms with Crippen molar-refractivity contribution in [1.29, 1.82) is 0 Å². The molecule has 1 unspecified atom stereocenters. The molecule has 3 atom stereocenters. The monoisotopic (exact) mass is 260 g/mol. The third kappa shape index (κ3) is 3.12. The molecule has 0 aliphatic rings. The number of hydrogen-bond acceptors (Lipinski definition) is 3. The number of rotatable bonds is 5. The number of halogens is 1. The van der Waals surface area contributed by atoms with E-state index in [1.807, 2.05) is 6.92 Å². The van der Waals surface area contributed by atoms with Gasteiger partial charge in [0.1, 0.15) is 12.3 Å². The second-order valence-electron chi connectivity index (χ2n) is 4.15. The molecule has 0 aliphatic carbocycles. The van der Waals surface area contributed by atoms with Gasteiger partial charge in [0, 0.05) is 4.90 Å². The van der Waals surface area contributed by atoms with Crippen LogP contribution in [0.2, 0.25) is 0 Å². The standard InChI is InChI=1S/C12H17FO3S/c1-9-3-5-11(6-4-9)17(16)10(2)12(15,7-13)8-14/h3-6,10,14-15H,7-8H2,1-2H3/t10-,12+,17?/m0/s1. The van der Waals surface area contributed by atoms with Crippen LogP contribution in [-0.2, 0) is 10.8 Å². The average Bonchev–Trinajstić information content (AvgIpc) is 2.37. The average molecular weight is 260 g/mol. The van der Waals surface area contributed by atoms with E-state index in [2.05, 4.69) is 0 Å². The van der Waals surface area contributed by atoms with Gasteiger partial charge >= 0.3 is 0 Å². The van der Waals surface area contributed by atoms with Crippen LogP contribution in [0, 0.1) is 6.92 Å². The maximum absolute atomic E-state index is 12.7. The summed E-state index contributed by atoms with van der Waals surface area (Å²) in [5, 5.41) is 17.9. The van der Waals surface area contributed by atoms with Gasteiger partial charge in [-0.25, -0.2) is 4.39 Å². The van der Waals surface area contributed by atoms with Crippen LogP contribution in [0.15, 0.2) is 29.2 Å². The molecule has 0 saturated heterocycles. The second kappa shape index (κ2) is 5.71. The van der Waals surface area contributed by atoms with Gasteiger partial charge in [-0.05, 0) is 26.0 Å². The van der Waals surface area contributed by atoms with Crippen LogP contribution < -0.4 is 0 Å². The van der Waals surface area contributed by atoms with E-state index in [1.165, 1.54) is 6.92 Å². The molecule has 2 N–H and O–H groups in total. The van der Waals surface area contributed by atoms with Crippen LogP contribution >= 0.6 is 0 Å². The third-order valence-corrected chi connectivity index (χ3v) is 4.65. The first-order valence-corrected chi connectivity index (χ1v) is 6.52. The minimum Gasteiger partial charge on any atom is -0.393 e. The van der Waals surface area contributed by atoms with E-state index in [1.54, 1.807) is 24.3 Å². The van der Waals surface area contributed by atoms with Crippen molar-refractivity contribution in [2.75, 3.05) is 13.3 Å². The fraction of sp³-hybridized carbons (Fsp3) is 0.500. The highest BCUT2D eigenvalue weighted by Gasteiger charge is 2.37. The lowest BCUT2D eigenvalue weighted by Gasteiger charge is -2.28. The summed E-state index contributed by atoms with van der Waals surface area (Å²) in [6.07, 6.45) is 0. The molecule has 0 aliphatic heterocycles. The van der Waals surface area contributed by atoms with Crippen molar-refractivity contribution in [2.24, 2.45) is 0 Å². The number of hydrogen-bond donors (Lipinski definition) is 2. The topological polar surface area (TPSA) is 57.5 Å². The fourth-order valence-electron chi connectivity index (χ4n) is 1.36. The van der Waals surface area contributed by atoms with E-state index < -0.39 is 34.9 Å². The Hall–Kier alpha value is -0.780. The van der Waals surface area contributed by atoms with Crippen molar-refractivity contribution in [3.05, 3.63) is 29.8 Å². The van der Waals surface area contributed by atoms with E-state index in [-0.39, 0.29) is 0 Å². The maximum atomic E-state index is 12.7. The Morgan fingerprint density at radius 2 is 1.94 bits per heavy atom. The molecule has 0 saturated carbocycles.